The van der Waals surface area contributed by atoms with Crippen molar-refractivity contribution in [1.29, 1.82) is 0 Å². The average molecular weight is 316 g/mol. The van der Waals surface area contributed by atoms with E-state index in [2.05, 4.69) is 9.97 Å². The lowest BCUT2D eigenvalue weighted by atomic mass is 10.1. The minimum absolute atomic E-state index is 0.0810. The molecule has 1 heterocycles. The molecule has 0 spiro atoms. The van der Waals surface area contributed by atoms with Crippen LogP contribution in [0.2, 0.25) is 5.02 Å². The summed E-state index contributed by atoms with van der Waals surface area (Å²) < 4.78 is 13.9. The van der Waals surface area contributed by atoms with Gasteiger partial charge in [0, 0.05) is 25.1 Å². The maximum absolute atomic E-state index is 13.9. The predicted molar refractivity (Wildman–Crippen MR) is 83.7 cm³/mol. The van der Waals surface area contributed by atoms with Crippen LogP contribution >= 0.6 is 11.6 Å². The molecular weight excluding hydrogens is 305 g/mol. The second-order valence-electron chi connectivity index (χ2n) is 4.69. The zero-order valence-electron chi connectivity index (χ0n) is 11.6. The van der Waals surface area contributed by atoms with Gasteiger partial charge < -0.3 is 4.90 Å². The van der Waals surface area contributed by atoms with Crippen LogP contribution in [0.4, 0.5) is 10.1 Å². The molecule has 3 aromatic rings. The molecule has 0 unspecified atom stereocenters. The first kappa shape index (κ1) is 14.4. The van der Waals surface area contributed by atoms with E-state index in [0.717, 1.165) is 5.52 Å². The van der Waals surface area contributed by atoms with Gasteiger partial charge in [0.25, 0.3) is 5.91 Å². The molecule has 0 aliphatic heterocycles. The van der Waals surface area contributed by atoms with Crippen molar-refractivity contribution in [1.82, 2.24) is 9.97 Å². The van der Waals surface area contributed by atoms with Crippen LogP contribution in [-0.2, 0) is 0 Å². The number of aromatic nitrogens is 2. The van der Waals surface area contributed by atoms with E-state index < -0.39 is 11.7 Å². The fourth-order valence-electron chi connectivity index (χ4n) is 2.15. The van der Waals surface area contributed by atoms with Gasteiger partial charge in [-0.1, -0.05) is 17.7 Å². The molecule has 0 fully saturated rings. The zero-order valence-corrected chi connectivity index (χ0v) is 12.4. The number of fused-ring (bicyclic) bond motifs is 1. The van der Waals surface area contributed by atoms with Gasteiger partial charge in [0.1, 0.15) is 5.82 Å². The first-order chi connectivity index (χ1) is 10.6. The molecule has 2 aromatic carbocycles. The number of carbonyl (C=O) groups excluding carboxylic acids is 1. The van der Waals surface area contributed by atoms with Gasteiger partial charge in [-0.3, -0.25) is 14.8 Å². The SMILES string of the molecule is CN(C(=O)c1c(F)cccc1Cl)c1ccc2nccnc2c1. The number of rotatable bonds is 2. The van der Waals surface area contributed by atoms with Crippen LogP contribution in [0, 0.1) is 5.82 Å². The Morgan fingerprint density at radius 3 is 2.59 bits per heavy atom. The Hall–Kier alpha value is -2.53. The first-order valence-corrected chi connectivity index (χ1v) is 6.88. The molecule has 0 aliphatic carbocycles. The summed E-state index contributed by atoms with van der Waals surface area (Å²) in [6, 6.07) is 9.35. The van der Waals surface area contributed by atoms with Crippen molar-refractivity contribution in [3.8, 4) is 0 Å². The summed E-state index contributed by atoms with van der Waals surface area (Å²) in [7, 11) is 1.56. The van der Waals surface area contributed by atoms with Crippen LogP contribution in [0.25, 0.3) is 11.0 Å². The fraction of sp³-hybridized carbons (Fsp3) is 0.0625. The molecule has 0 N–H and O–H groups in total. The smallest absolute Gasteiger partial charge is 0.262 e. The lowest BCUT2D eigenvalue weighted by Crippen LogP contribution is -2.27. The molecule has 22 heavy (non-hydrogen) atoms. The van der Waals surface area contributed by atoms with E-state index in [1.54, 1.807) is 37.6 Å². The third-order valence-corrected chi connectivity index (χ3v) is 3.64. The maximum atomic E-state index is 13.9. The van der Waals surface area contributed by atoms with Gasteiger partial charge in [-0.15, -0.1) is 0 Å². The Morgan fingerprint density at radius 1 is 1.14 bits per heavy atom. The summed E-state index contributed by atoms with van der Waals surface area (Å²) in [5.41, 5.74) is 1.80. The normalized spacial score (nSPS) is 10.7. The minimum atomic E-state index is -0.648. The zero-order chi connectivity index (χ0) is 15.7. The van der Waals surface area contributed by atoms with Crippen molar-refractivity contribution in [3.63, 3.8) is 0 Å². The Bertz CT molecular complexity index is 849. The van der Waals surface area contributed by atoms with Crippen LogP contribution < -0.4 is 4.90 Å². The summed E-state index contributed by atoms with van der Waals surface area (Å²) in [4.78, 5) is 22.2. The maximum Gasteiger partial charge on any atom is 0.262 e. The second kappa shape index (κ2) is 5.69. The summed E-state index contributed by atoms with van der Waals surface area (Å²) in [5.74, 6) is -1.17. The van der Waals surface area contributed by atoms with Gasteiger partial charge in [-0.05, 0) is 30.3 Å². The molecule has 0 radical (unpaired) electrons. The van der Waals surface area contributed by atoms with E-state index in [-0.39, 0.29) is 10.6 Å². The van der Waals surface area contributed by atoms with E-state index in [1.165, 1.54) is 23.1 Å². The number of hydrogen-bond donors (Lipinski definition) is 0. The second-order valence-corrected chi connectivity index (χ2v) is 5.10. The number of amides is 1. The number of benzene rings is 2. The predicted octanol–water partition coefficient (Wildman–Crippen LogP) is 3.70. The van der Waals surface area contributed by atoms with E-state index in [9.17, 15) is 9.18 Å². The Kier molecular flexibility index (Phi) is 3.73. The highest BCUT2D eigenvalue weighted by molar-refractivity contribution is 6.34. The van der Waals surface area contributed by atoms with Crippen LogP contribution in [0.15, 0.2) is 48.8 Å². The van der Waals surface area contributed by atoms with Gasteiger partial charge in [-0.2, -0.15) is 0 Å². The molecule has 0 atom stereocenters. The van der Waals surface area contributed by atoms with Crippen molar-refractivity contribution in [2.24, 2.45) is 0 Å². The number of nitrogens with zero attached hydrogens (tertiary/aromatic N) is 3. The molecule has 0 bridgehead atoms. The fourth-order valence-corrected chi connectivity index (χ4v) is 2.39. The van der Waals surface area contributed by atoms with Crippen LogP contribution in [-0.4, -0.2) is 22.9 Å². The summed E-state index contributed by atoms with van der Waals surface area (Å²) in [6.45, 7) is 0. The minimum Gasteiger partial charge on any atom is -0.311 e. The molecule has 3 rings (SSSR count). The number of carbonyl (C=O) groups is 1. The van der Waals surface area contributed by atoms with Gasteiger partial charge >= 0.3 is 0 Å². The lowest BCUT2D eigenvalue weighted by Gasteiger charge is -2.18. The van der Waals surface area contributed by atoms with E-state index in [1.807, 2.05) is 0 Å². The third-order valence-electron chi connectivity index (χ3n) is 3.32. The quantitative estimate of drug-likeness (QED) is 0.724. The van der Waals surface area contributed by atoms with Crippen molar-refractivity contribution >= 4 is 34.2 Å². The molecule has 0 saturated carbocycles. The average Bonchev–Trinajstić information content (AvgIpc) is 2.53. The first-order valence-electron chi connectivity index (χ1n) is 6.51. The molecule has 6 heteroatoms. The van der Waals surface area contributed by atoms with E-state index >= 15 is 0 Å². The Balaban J connectivity index is 2.01. The Morgan fingerprint density at radius 2 is 1.86 bits per heavy atom. The van der Waals surface area contributed by atoms with Crippen LogP contribution in [0.1, 0.15) is 10.4 Å². The van der Waals surface area contributed by atoms with Gasteiger partial charge in [0.2, 0.25) is 0 Å². The summed E-state index contributed by atoms with van der Waals surface area (Å²) in [5, 5.41) is 0.0810. The van der Waals surface area contributed by atoms with Gasteiger partial charge in [0.15, 0.2) is 0 Å². The largest absolute Gasteiger partial charge is 0.311 e. The number of hydrogen-bond acceptors (Lipinski definition) is 3. The van der Waals surface area contributed by atoms with Crippen molar-refractivity contribution in [2.75, 3.05) is 11.9 Å². The lowest BCUT2D eigenvalue weighted by molar-refractivity contribution is 0.0989. The van der Waals surface area contributed by atoms with Crippen molar-refractivity contribution in [3.05, 3.63) is 65.2 Å². The highest BCUT2D eigenvalue weighted by atomic mass is 35.5. The van der Waals surface area contributed by atoms with Crippen LogP contribution in [0.5, 0.6) is 0 Å². The molecule has 0 saturated heterocycles. The van der Waals surface area contributed by atoms with E-state index in [0.29, 0.717) is 11.2 Å². The molecule has 110 valence electrons. The van der Waals surface area contributed by atoms with Crippen LogP contribution in [0.3, 0.4) is 0 Å². The van der Waals surface area contributed by atoms with Gasteiger partial charge in [0.05, 0.1) is 21.6 Å². The number of halogens is 2. The highest BCUT2D eigenvalue weighted by Gasteiger charge is 2.20. The molecule has 1 aromatic heterocycles. The third kappa shape index (κ3) is 2.51. The molecule has 4 nitrogen and oxygen atoms in total. The summed E-state index contributed by atoms with van der Waals surface area (Å²) in [6.07, 6.45) is 3.16. The monoisotopic (exact) mass is 315 g/mol. The van der Waals surface area contributed by atoms with Crippen molar-refractivity contribution < 1.29 is 9.18 Å². The molecule has 0 aliphatic rings. The van der Waals surface area contributed by atoms with Gasteiger partial charge in [-0.25, -0.2) is 4.39 Å². The Labute approximate surface area is 131 Å². The number of anilines is 1. The standard InChI is InChI=1S/C16H11ClFN3O/c1-21(16(22)15-11(17)3-2-4-12(15)18)10-5-6-13-14(9-10)20-8-7-19-13/h2-9H,1H3. The molecular formula is C16H11ClFN3O. The highest BCUT2D eigenvalue weighted by Crippen LogP contribution is 2.24. The van der Waals surface area contributed by atoms with E-state index in [4.69, 9.17) is 11.6 Å². The molecule has 1 amide bonds. The summed E-state index contributed by atoms with van der Waals surface area (Å²) >= 11 is 5.94. The van der Waals surface area contributed by atoms with Crippen molar-refractivity contribution in [2.45, 2.75) is 0 Å². The topological polar surface area (TPSA) is 46.1 Å².